The number of anilines is 3. The Hall–Kier alpha value is -3.95. The molecule has 0 bridgehead atoms. The number of carbonyl (C=O) groups excluding carboxylic acids is 1. The van der Waals surface area contributed by atoms with Gasteiger partial charge in [0.05, 0.1) is 12.8 Å². The second kappa shape index (κ2) is 9.31. The summed E-state index contributed by atoms with van der Waals surface area (Å²) < 4.78 is 28.9. The number of aromatic nitrogens is 3. The van der Waals surface area contributed by atoms with Crippen LogP contribution >= 0.6 is 0 Å². The number of nitrogens with two attached hydrogens (primary N) is 1. The van der Waals surface area contributed by atoms with E-state index in [-0.39, 0.29) is 30.1 Å². The Kier molecular flexibility index (Phi) is 6.36. The molecule has 1 heterocycles. The number of hydrogen-bond acceptors (Lipinski definition) is 9. The van der Waals surface area contributed by atoms with Gasteiger partial charge in [-0.15, -0.1) is 0 Å². The lowest BCUT2D eigenvalue weighted by Gasteiger charge is -2.11. The number of halogens is 1. The molecule has 3 aromatic rings. The smallest absolute Gasteiger partial charge is 0.344 e. The van der Waals surface area contributed by atoms with Crippen LogP contribution in [0.15, 0.2) is 48.5 Å². The first kappa shape index (κ1) is 19.8. The van der Waals surface area contributed by atoms with Crippen molar-refractivity contribution in [3.8, 4) is 11.5 Å². The molecule has 0 spiro atoms. The van der Waals surface area contributed by atoms with Crippen molar-refractivity contribution >= 4 is 23.6 Å². The van der Waals surface area contributed by atoms with Gasteiger partial charge in [0.15, 0.2) is 30.6 Å². The van der Waals surface area contributed by atoms with Gasteiger partial charge in [0.1, 0.15) is 5.75 Å². The molecule has 0 saturated carbocycles. The lowest BCUT2D eigenvalue weighted by Crippen LogP contribution is -2.17. The fourth-order valence-electron chi connectivity index (χ4n) is 2.31. The Balaban J connectivity index is 1.59. The van der Waals surface area contributed by atoms with Gasteiger partial charge in [-0.3, -0.25) is 0 Å². The SMILES string of the molecule is COc1ccccc1Nc1nc(N)nc(COC(=O)COc2ccccc2F)n1. The summed E-state index contributed by atoms with van der Waals surface area (Å²) in [5.41, 5.74) is 6.33. The highest BCUT2D eigenvalue weighted by atomic mass is 19.1. The van der Waals surface area contributed by atoms with Crippen molar-refractivity contribution in [3.63, 3.8) is 0 Å². The topological polar surface area (TPSA) is 121 Å². The number of nitrogens with zero attached hydrogens (tertiary/aromatic N) is 3. The zero-order valence-electron chi connectivity index (χ0n) is 15.5. The van der Waals surface area contributed by atoms with Gasteiger partial charge in [-0.05, 0) is 24.3 Å². The third kappa shape index (κ3) is 5.51. The zero-order valence-corrected chi connectivity index (χ0v) is 15.5. The van der Waals surface area contributed by atoms with Crippen LogP contribution in [0.25, 0.3) is 0 Å². The lowest BCUT2D eigenvalue weighted by atomic mass is 10.3. The summed E-state index contributed by atoms with van der Waals surface area (Å²) in [5, 5.41) is 2.97. The first-order valence-electron chi connectivity index (χ1n) is 8.48. The highest BCUT2D eigenvalue weighted by Crippen LogP contribution is 2.25. The van der Waals surface area contributed by atoms with Gasteiger partial charge >= 0.3 is 5.97 Å². The van der Waals surface area contributed by atoms with Crippen LogP contribution in [0.1, 0.15) is 5.82 Å². The van der Waals surface area contributed by atoms with E-state index in [4.69, 9.17) is 19.9 Å². The van der Waals surface area contributed by atoms with E-state index in [2.05, 4.69) is 20.3 Å². The normalized spacial score (nSPS) is 10.3. The Bertz CT molecular complexity index is 1000. The van der Waals surface area contributed by atoms with Crippen LogP contribution in [-0.4, -0.2) is 34.6 Å². The molecule has 0 atom stereocenters. The van der Waals surface area contributed by atoms with Crippen LogP contribution in [-0.2, 0) is 16.1 Å². The lowest BCUT2D eigenvalue weighted by molar-refractivity contribution is -0.147. The summed E-state index contributed by atoms with van der Waals surface area (Å²) in [6.07, 6.45) is 0. The van der Waals surface area contributed by atoms with Crippen molar-refractivity contribution < 1.29 is 23.4 Å². The fourth-order valence-corrected chi connectivity index (χ4v) is 2.31. The quantitative estimate of drug-likeness (QED) is 0.550. The standard InChI is InChI=1S/C19H18FN5O4/c1-27-15-9-5-3-7-13(15)22-19-24-16(23-18(21)25-19)10-29-17(26)11-28-14-8-4-2-6-12(14)20/h2-9H,10-11H2,1H3,(H3,21,22,23,24,25). The second-order valence-electron chi connectivity index (χ2n) is 5.64. The van der Waals surface area contributed by atoms with Gasteiger partial charge < -0.3 is 25.3 Å². The van der Waals surface area contributed by atoms with Gasteiger partial charge in [0.2, 0.25) is 11.9 Å². The molecule has 0 saturated heterocycles. The Morgan fingerprint density at radius 3 is 2.55 bits per heavy atom. The molecule has 0 radical (unpaired) electrons. The van der Waals surface area contributed by atoms with Crippen molar-refractivity contribution in [2.45, 2.75) is 6.61 Å². The van der Waals surface area contributed by atoms with Gasteiger partial charge in [0.25, 0.3) is 0 Å². The first-order valence-corrected chi connectivity index (χ1v) is 8.48. The number of carbonyl (C=O) groups is 1. The van der Waals surface area contributed by atoms with Gasteiger partial charge in [-0.25, -0.2) is 9.18 Å². The summed E-state index contributed by atoms with van der Waals surface area (Å²) in [6.45, 7) is -0.722. The molecule has 0 fully saturated rings. The van der Waals surface area contributed by atoms with E-state index in [0.717, 1.165) is 0 Å². The van der Waals surface area contributed by atoms with Crippen molar-refractivity contribution in [2.24, 2.45) is 0 Å². The predicted octanol–water partition coefficient (Wildman–Crippen LogP) is 2.47. The Morgan fingerprint density at radius 2 is 1.79 bits per heavy atom. The van der Waals surface area contributed by atoms with Crippen LogP contribution in [0, 0.1) is 5.82 Å². The molecule has 0 aliphatic rings. The predicted molar refractivity (Wildman–Crippen MR) is 102 cm³/mol. The molecular weight excluding hydrogens is 381 g/mol. The largest absolute Gasteiger partial charge is 0.495 e. The van der Waals surface area contributed by atoms with E-state index in [9.17, 15) is 9.18 Å². The average molecular weight is 399 g/mol. The summed E-state index contributed by atoms with van der Waals surface area (Å²) in [4.78, 5) is 23.9. The van der Waals surface area contributed by atoms with Gasteiger partial charge in [-0.1, -0.05) is 24.3 Å². The molecule has 2 aromatic carbocycles. The van der Waals surface area contributed by atoms with Crippen molar-refractivity contribution in [1.29, 1.82) is 0 Å². The molecule has 9 nitrogen and oxygen atoms in total. The minimum atomic E-state index is -0.716. The molecule has 0 aliphatic carbocycles. The summed E-state index contributed by atoms with van der Waals surface area (Å²) in [5.74, 6) is -0.498. The average Bonchev–Trinajstić information content (AvgIpc) is 2.71. The van der Waals surface area contributed by atoms with Crippen molar-refractivity contribution in [2.75, 3.05) is 24.8 Å². The molecular formula is C19H18FN5O4. The van der Waals surface area contributed by atoms with E-state index < -0.39 is 18.4 Å². The molecule has 0 amide bonds. The zero-order chi connectivity index (χ0) is 20.6. The highest BCUT2D eigenvalue weighted by Gasteiger charge is 2.11. The number of nitrogens with one attached hydrogen (secondary N) is 1. The van der Waals surface area contributed by atoms with E-state index in [1.54, 1.807) is 18.2 Å². The van der Waals surface area contributed by atoms with E-state index >= 15 is 0 Å². The van der Waals surface area contributed by atoms with Crippen molar-refractivity contribution in [3.05, 3.63) is 60.2 Å². The maximum atomic E-state index is 13.5. The van der Waals surface area contributed by atoms with Crippen LogP contribution in [0.4, 0.5) is 22.0 Å². The maximum Gasteiger partial charge on any atom is 0.344 e. The number of esters is 1. The number of para-hydroxylation sites is 3. The molecule has 3 N–H and O–H groups in total. The third-order valence-electron chi connectivity index (χ3n) is 3.60. The van der Waals surface area contributed by atoms with E-state index in [1.165, 1.54) is 25.3 Å². The second-order valence-corrected chi connectivity index (χ2v) is 5.64. The van der Waals surface area contributed by atoms with Crippen LogP contribution in [0.3, 0.4) is 0 Å². The van der Waals surface area contributed by atoms with Gasteiger partial charge in [-0.2, -0.15) is 15.0 Å². The Morgan fingerprint density at radius 1 is 1.07 bits per heavy atom. The van der Waals surface area contributed by atoms with Crippen molar-refractivity contribution in [1.82, 2.24) is 15.0 Å². The maximum absolute atomic E-state index is 13.5. The molecule has 0 unspecified atom stereocenters. The van der Waals surface area contributed by atoms with Crippen LogP contribution in [0.2, 0.25) is 0 Å². The number of hydrogen-bond donors (Lipinski definition) is 2. The highest BCUT2D eigenvalue weighted by molar-refractivity contribution is 5.71. The number of rotatable bonds is 8. The Labute approximate surface area is 165 Å². The number of benzene rings is 2. The molecule has 10 heteroatoms. The first-order chi connectivity index (χ1) is 14.0. The number of methoxy groups -OCH3 is 1. The minimum absolute atomic E-state index is 0.0443. The summed E-state index contributed by atoms with van der Waals surface area (Å²) in [6, 6.07) is 12.9. The third-order valence-corrected chi connectivity index (χ3v) is 3.60. The van der Waals surface area contributed by atoms with E-state index in [1.807, 2.05) is 12.1 Å². The van der Waals surface area contributed by atoms with Gasteiger partial charge in [0, 0.05) is 0 Å². The molecule has 3 rings (SSSR count). The van der Waals surface area contributed by atoms with Crippen LogP contribution in [0.5, 0.6) is 11.5 Å². The molecule has 0 aliphatic heterocycles. The monoisotopic (exact) mass is 399 g/mol. The van der Waals surface area contributed by atoms with Crippen LogP contribution < -0.4 is 20.5 Å². The fraction of sp³-hybridized carbons (Fsp3) is 0.158. The number of nitrogen functional groups attached to an aromatic ring is 1. The van der Waals surface area contributed by atoms with E-state index in [0.29, 0.717) is 11.4 Å². The molecule has 150 valence electrons. The minimum Gasteiger partial charge on any atom is -0.495 e. The number of ether oxygens (including phenoxy) is 3. The molecule has 1 aromatic heterocycles. The molecule has 29 heavy (non-hydrogen) atoms. The summed E-state index contributed by atoms with van der Waals surface area (Å²) in [7, 11) is 1.54. The summed E-state index contributed by atoms with van der Waals surface area (Å²) >= 11 is 0.